The molecule has 0 aromatic heterocycles. The van der Waals surface area contributed by atoms with Crippen LogP contribution in [0.2, 0.25) is 0 Å². The zero-order chi connectivity index (χ0) is 38.9. The molecule has 6 nitrogen and oxygen atoms in total. The minimum atomic E-state index is -0.799. The maximum Gasteiger partial charge on any atom is 0.306 e. The van der Waals surface area contributed by atoms with Crippen LogP contribution in [0.15, 0.2) is 60.8 Å². The first-order chi connectivity index (χ1) is 26.0. The van der Waals surface area contributed by atoms with Crippen molar-refractivity contribution < 1.29 is 24.5 Å². The van der Waals surface area contributed by atoms with Crippen molar-refractivity contribution in [2.45, 2.75) is 219 Å². The van der Waals surface area contributed by atoms with Gasteiger partial charge in [0.1, 0.15) is 6.10 Å². The molecule has 0 aliphatic heterocycles. The Hall–Kier alpha value is -2.44. The lowest BCUT2D eigenvalue weighted by molar-refractivity contribution is -0.151. The van der Waals surface area contributed by atoms with Gasteiger partial charge in [0.05, 0.1) is 25.2 Å². The highest BCUT2D eigenvalue weighted by molar-refractivity contribution is 5.77. The number of aliphatic hydroxyl groups is 2. The molecule has 0 bridgehead atoms. The molecule has 0 radical (unpaired) electrons. The molecular formula is C47H83NO5. The van der Waals surface area contributed by atoms with Crippen LogP contribution in [0.1, 0.15) is 201 Å². The fraction of sp³-hybridized carbons (Fsp3) is 0.745. The van der Waals surface area contributed by atoms with E-state index in [-0.39, 0.29) is 24.9 Å². The summed E-state index contributed by atoms with van der Waals surface area (Å²) in [7, 11) is 0. The number of rotatable bonds is 38. The predicted octanol–water partition coefficient (Wildman–Crippen LogP) is 12.5. The molecule has 0 aliphatic carbocycles. The van der Waals surface area contributed by atoms with Gasteiger partial charge in [-0.3, -0.25) is 9.59 Å². The van der Waals surface area contributed by atoms with Gasteiger partial charge in [0.2, 0.25) is 5.91 Å². The van der Waals surface area contributed by atoms with Crippen LogP contribution in [0.5, 0.6) is 0 Å². The second-order valence-corrected chi connectivity index (χ2v) is 14.8. The van der Waals surface area contributed by atoms with E-state index < -0.39 is 18.2 Å². The lowest BCUT2D eigenvalue weighted by Gasteiger charge is -2.24. The number of carbonyl (C=O) groups is 2. The van der Waals surface area contributed by atoms with E-state index in [1.54, 1.807) is 0 Å². The van der Waals surface area contributed by atoms with Crippen LogP contribution in [-0.4, -0.2) is 46.9 Å². The quantitative estimate of drug-likeness (QED) is 0.0253. The first-order valence-corrected chi connectivity index (χ1v) is 22.1. The van der Waals surface area contributed by atoms with Crippen LogP contribution in [-0.2, 0) is 14.3 Å². The van der Waals surface area contributed by atoms with Gasteiger partial charge >= 0.3 is 5.97 Å². The zero-order valence-corrected chi connectivity index (χ0v) is 34.6. The van der Waals surface area contributed by atoms with Crippen molar-refractivity contribution in [2.75, 3.05) is 6.61 Å². The fourth-order valence-corrected chi connectivity index (χ4v) is 6.32. The molecule has 0 spiro atoms. The Bertz CT molecular complexity index is 968. The molecule has 1 amide bonds. The summed E-state index contributed by atoms with van der Waals surface area (Å²) in [5, 5.41) is 23.5. The fourth-order valence-electron chi connectivity index (χ4n) is 6.32. The van der Waals surface area contributed by atoms with Crippen molar-refractivity contribution in [1.82, 2.24) is 5.32 Å². The number of unbranched alkanes of at least 4 members (excludes halogenated alkanes) is 19. The minimum absolute atomic E-state index is 0.0388. The van der Waals surface area contributed by atoms with Crippen LogP contribution in [0.4, 0.5) is 0 Å². The summed E-state index contributed by atoms with van der Waals surface area (Å²) in [4.78, 5) is 25.9. The van der Waals surface area contributed by atoms with E-state index in [9.17, 15) is 19.8 Å². The molecule has 3 atom stereocenters. The van der Waals surface area contributed by atoms with Gasteiger partial charge in [-0.15, -0.1) is 0 Å². The number of aliphatic hydroxyl groups excluding tert-OH is 2. The summed E-state index contributed by atoms with van der Waals surface area (Å²) in [5.41, 5.74) is 0. The van der Waals surface area contributed by atoms with Gasteiger partial charge in [0, 0.05) is 6.42 Å². The van der Waals surface area contributed by atoms with E-state index >= 15 is 0 Å². The van der Waals surface area contributed by atoms with E-state index in [1.807, 2.05) is 30.4 Å². The molecule has 0 fully saturated rings. The average molecular weight is 742 g/mol. The summed E-state index contributed by atoms with van der Waals surface area (Å²) >= 11 is 0. The zero-order valence-electron chi connectivity index (χ0n) is 34.6. The summed E-state index contributed by atoms with van der Waals surface area (Å²) in [5.74, 6) is -0.556. The van der Waals surface area contributed by atoms with Crippen LogP contribution < -0.4 is 5.32 Å². The lowest BCUT2D eigenvalue weighted by atomic mass is 10.0. The predicted molar refractivity (Wildman–Crippen MR) is 227 cm³/mol. The first kappa shape index (κ1) is 50.6. The molecule has 53 heavy (non-hydrogen) atoms. The highest BCUT2D eigenvalue weighted by Crippen LogP contribution is 2.16. The van der Waals surface area contributed by atoms with E-state index in [4.69, 9.17) is 4.74 Å². The van der Waals surface area contributed by atoms with Gasteiger partial charge in [-0.25, -0.2) is 0 Å². The summed E-state index contributed by atoms with van der Waals surface area (Å²) in [6.45, 7) is 6.28. The van der Waals surface area contributed by atoms with Gasteiger partial charge in [-0.05, 0) is 64.2 Å². The molecule has 6 heteroatoms. The smallest absolute Gasteiger partial charge is 0.306 e. The van der Waals surface area contributed by atoms with E-state index in [0.717, 1.165) is 70.6 Å². The van der Waals surface area contributed by atoms with Gasteiger partial charge < -0.3 is 20.3 Å². The molecule has 0 saturated heterocycles. The van der Waals surface area contributed by atoms with Crippen LogP contribution in [0.3, 0.4) is 0 Å². The normalized spacial score (nSPS) is 14.0. The third-order valence-corrected chi connectivity index (χ3v) is 9.68. The van der Waals surface area contributed by atoms with E-state index in [1.165, 1.54) is 83.5 Å². The SMILES string of the molecule is CC/C=C/C=C/C=C\C=C/CCCCCC(=O)OC(CCC/C=C\CCCCCCCCC)CC(=O)NC(CO)C(O)CCCCCCCCCCC. The van der Waals surface area contributed by atoms with E-state index in [2.05, 4.69) is 56.5 Å². The molecule has 0 rings (SSSR count). The Kier molecular flexibility index (Phi) is 38.9. The Morgan fingerprint density at radius 2 is 1.06 bits per heavy atom. The average Bonchev–Trinajstić information content (AvgIpc) is 3.15. The van der Waals surface area contributed by atoms with Gasteiger partial charge in [0.25, 0.3) is 0 Å². The van der Waals surface area contributed by atoms with Crippen molar-refractivity contribution in [3.8, 4) is 0 Å². The highest BCUT2D eigenvalue weighted by atomic mass is 16.5. The molecule has 306 valence electrons. The number of nitrogens with one attached hydrogen (secondary N) is 1. The van der Waals surface area contributed by atoms with Crippen molar-refractivity contribution >= 4 is 11.9 Å². The van der Waals surface area contributed by atoms with Gasteiger partial charge in [0.15, 0.2) is 0 Å². The maximum atomic E-state index is 13.1. The largest absolute Gasteiger partial charge is 0.462 e. The standard InChI is InChI=1S/C47H83NO5/c1-4-7-10-13-16-19-21-23-25-28-31-34-37-40-47(52)53-43(38-35-32-29-27-24-22-20-17-14-11-8-5-2)41-46(51)48-44(42-49)45(50)39-36-33-30-26-18-15-12-9-6-3/h7,10,13,16,19,21,23,25,27,29,43-45,49-50H,4-6,8-9,11-12,14-15,17-18,20,22,24,26,28,30-42H2,1-3H3,(H,48,51)/b10-7+,16-13+,21-19-,25-23-,29-27-. The van der Waals surface area contributed by atoms with Crippen molar-refractivity contribution in [2.24, 2.45) is 0 Å². The summed E-state index contributed by atoms with van der Waals surface area (Å²) in [6.07, 6.45) is 48.6. The van der Waals surface area contributed by atoms with Gasteiger partial charge in [-0.1, -0.05) is 184 Å². The number of hydrogen-bond acceptors (Lipinski definition) is 5. The topological polar surface area (TPSA) is 95.9 Å². The molecule has 0 aromatic carbocycles. The van der Waals surface area contributed by atoms with Crippen molar-refractivity contribution in [1.29, 1.82) is 0 Å². The van der Waals surface area contributed by atoms with Crippen LogP contribution >= 0.6 is 0 Å². The lowest BCUT2D eigenvalue weighted by Crippen LogP contribution is -2.46. The number of esters is 1. The molecule has 0 aromatic rings. The number of hydrogen-bond donors (Lipinski definition) is 3. The third kappa shape index (κ3) is 36.3. The molecule has 0 heterocycles. The maximum absolute atomic E-state index is 13.1. The van der Waals surface area contributed by atoms with E-state index in [0.29, 0.717) is 19.3 Å². The monoisotopic (exact) mass is 742 g/mol. The Labute approximate surface area is 327 Å². The molecule has 0 saturated carbocycles. The highest BCUT2D eigenvalue weighted by Gasteiger charge is 2.24. The van der Waals surface area contributed by atoms with Crippen molar-refractivity contribution in [3.05, 3.63) is 60.8 Å². The third-order valence-electron chi connectivity index (χ3n) is 9.68. The minimum Gasteiger partial charge on any atom is -0.462 e. The van der Waals surface area contributed by atoms with Crippen LogP contribution in [0.25, 0.3) is 0 Å². The van der Waals surface area contributed by atoms with Crippen LogP contribution in [0, 0.1) is 0 Å². The van der Waals surface area contributed by atoms with Crippen molar-refractivity contribution in [3.63, 3.8) is 0 Å². The summed E-state index contributed by atoms with van der Waals surface area (Å²) < 4.78 is 5.85. The first-order valence-electron chi connectivity index (χ1n) is 22.1. The summed E-state index contributed by atoms with van der Waals surface area (Å²) in [6, 6.07) is -0.716. The molecular weight excluding hydrogens is 659 g/mol. The second kappa shape index (κ2) is 40.7. The Balaban J connectivity index is 4.73. The molecule has 3 unspecified atom stereocenters. The Morgan fingerprint density at radius 1 is 0.566 bits per heavy atom. The molecule has 0 aliphatic rings. The van der Waals surface area contributed by atoms with Gasteiger partial charge in [-0.2, -0.15) is 0 Å². The molecule has 3 N–H and O–H groups in total. The number of amides is 1. The number of carbonyl (C=O) groups excluding carboxylic acids is 2. The second-order valence-electron chi connectivity index (χ2n) is 14.8. The number of allylic oxidation sites excluding steroid dienone is 10. The Morgan fingerprint density at radius 3 is 1.64 bits per heavy atom. The number of ether oxygens (including phenoxy) is 1.